The van der Waals surface area contributed by atoms with Crippen molar-refractivity contribution in [1.29, 1.82) is 0 Å². The molecule has 0 fully saturated rings. The first-order valence-electron chi connectivity index (χ1n) is 7.21. The first kappa shape index (κ1) is 14.8. The fourth-order valence-electron chi connectivity index (χ4n) is 2.99. The number of carbonyl (C=O) groups excluding carboxylic acids is 1. The van der Waals surface area contributed by atoms with Crippen LogP contribution >= 0.6 is 15.9 Å². The second-order valence-electron chi connectivity index (χ2n) is 5.55. The smallest absolute Gasteiger partial charge is 0.179 e. The zero-order valence-corrected chi connectivity index (χ0v) is 13.2. The Labute approximate surface area is 131 Å². The number of halogens is 1. The molecule has 0 radical (unpaired) electrons. The zero-order chi connectivity index (χ0) is 15.0. The maximum Gasteiger partial charge on any atom is 0.179 e. The summed E-state index contributed by atoms with van der Waals surface area (Å²) < 4.78 is 0. The number of aryl methyl sites for hydroxylation is 1. The standard InChI is InChI=1S/C16H18BrNO3/c17-7-6-14(20)16(21)9-4-5-12-11(8-9)10-2-1-3-13(19)15(10)18-12/h4-5,8,14,16,18,20-21H,1-3,6-7H2. The molecule has 2 atom stereocenters. The van der Waals surface area contributed by atoms with Crippen LogP contribution in [-0.2, 0) is 6.42 Å². The van der Waals surface area contributed by atoms with Gasteiger partial charge in [-0.1, -0.05) is 22.0 Å². The minimum absolute atomic E-state index is 0.161. The number of alkyl halides is 1. The van der Waals surface area contributed by atoms with Crippen LogP contribution < -0.4 is 0 Å². The average molecular weight is 352 g/mol. The third-order valence-corrected chi connectivity index (χ3v) is 4.61. The van der Waals surface area contributed by atoms with Crippen LogP contribution in [0.5, 0.6) is 0 Å². The van der Waals surface area contributed by atoms with E-state index in [9.17, 15) is 15.0 Å². The van der Waals surface area contributed by atoms with Gasteiger partial charge in [-0.05, 0) is 42.5 Å². The Hall–Kier alpha value is -1.17. The second-order valence-corrected chi connectivity index (χ2v) is 6.34. The first-order valence-corrected chi connectivity index (χ1v) is 8.33. The molecule has 0 spiro atoms. The predicted molar refractivity (Wildman–Crippen MR) is 84.9 cm³/mol. The van der Waals surface area contributed by atoms with Crippen molar-refractivity contribution in [3.63, 3.8) is 0 Å². The van der Waals surface area contributed by atoms with Crippen LogP contribution in [0, 0.1) is 0 Å². The van der Waals surface area contributed by atoms with Gasteiger partial charge >= 0.3 is 0 Å². The summed E-state index contributed by atoms with van der Waals surface area (Å²) in [6.07, 6.45) is 1.14. The van der Waals surface area contributed by atoms with Gasteiger partial charge < -0.3 is 15.2 Å². The highest BCUT2D eigenvalue weighted by Gasteiger charge is 2.23. The van der Waals surface area contributed by atoms with Gasteiger partial charge in [0.15, 0.2) is 5.78 Å². The molecular formula is C16H18BrNO3. The molecule has 2 unspecified atom stereocenters. The highest BCUT2D eigenvalue weighted by atomic mass is 79.9. The number of hydrogen-bond donors (Lipinski definition) is 3. The number of fused-ring (bicyclic) bond motifs is 3. The largest absolute Gasteiger partial charge is 0.390 e. The topological polar surface area (TPSA) is 73.3 Å². The molecule has 3 rings (SSSR count). The number of aliphatic hydroxyl groups excluding tert-OH is 2. The van der Waals surface area contributed by atoms with E-state index in [1.54, 1.807) is 6.07 Å². The fraction of sp³-hybridized carbons (Fsp3) is 0.438. The molecule has 0 saturated carbocycles. The molecule has 3 N–H and O–H groups in total. The monoisotopic (exact) mass is 351 g/mol. The van der Waals surface area contributed by atoms with Crippen molar-refractivity contribution in [1.82, 2.24) is 4.98 Å². The second kappa shape index (κ2) is 5.91. The van der Waals surface area contributed by atoms with Crippen LogP contribution in [0.15, 0.2) is 18.2 Å². The van der Waals surface area contributed by atoms with E-state index in [4.69, 9.17) is 0 Å². The number of hydrogen-bond acceptors (Lipinski definition) is 3. The summed E-state index contributed by atoms with van der Waals surface area (Å²) in [6, 6.07) is 5.57. The molecule has 0 saturated heterocycles. The Morgan fingerprint density at radius 3 is 2.86 bits per heavy atom. The summed E-state index contributed by atoms with van der Waals surface area (Å²) in [5.41, 5.74) is 3.37. The predicted octanol–water partition coefficient (Wildman–Crippen LogP) is 2.87. The quantitative estimate of drug-likeness (QED) is 0.741. The number of ketones is 1. The molecule has 1 aliphatic rings. The van der Waals surface area contributed by atoms with Gasteiger partial charge in [-0.15, -0.1) is 0 Å². The van der Waals surface area contributed by atoms with Crippen LogP contribution in [-0.4, -0.2) is 32.4 Å². The molecule has 0 bridgehead atoms. The van der Waals surface area contributed by atoms with E-state index in [-0.39, 0.29) is 5.78 Å². The maximum atomic E-state index is 11.9. The molecule has 21 heavy (non-hydrogen) atoms. The molecular weight excluding hydrogens is 334 g/mol. The van der Waals surface area contributed by atoms with Crippen molar-refractivity contribution in [3.8, 4) is 0 Å². The number of aromatic nitrogens is 1. The van der Waals surface area contributed by atoms with Gasteiger partial charge in [-0.3, -0.25) is 4.79 Å². The fourth-order valence-corrected chi connectivity index (χ4v) is 3.46. The van der Waals surface area contributed by atoms with Gasteiger partial charge in [0, 0.05) is 22.7 Å². The Balaban J connectivity index is 2.02. The van der Waals surface area contributed by atoms with Gasteiger partial charge in [0.2, 0.25) is 0 Å². The van der Waals surface area contributed by atoms with Crippen molar-refractivity contribution < 1.29 is 15.0 Å². The third kappa shape index (κ3) is 2.65. The lowest BCUT2D eigenvalue weighted by molar-refractivity contribution is 0.0174. The van der Waals surface area contributed by atoms with E-state index in [1.165, 1.54) is 0 Å². The number of rotatable bonds is 4. The number of carbonyl (C=O) groups is 1. The molecule has 1 aromatic heterocycles. The SMILES string of the molecule is O=C1CCCc2c1[nH]c1ccc(C(O)C(O)CCBr)cc21. The van der Waals surface area contributed by atoms with E-state index >= 15 is 0 Å². The number of H-pyrrole nitrogens is 1. The van der Waals surface area contributed by atoms with Crippen molar-refractivity contribution in [3.05, 3.63) is 35.0 Å². The summed E-state index contributed by atoms with van der Waals surface area (Å²) in [4.78, 5) is 15.1. The zero-order valence-electron chi connectivity index (χ0n) is 11.6. The van der Waals surface area contributed by atoms with Crippen molar-refractivity contribution in [2.24, 2.45) is 0 Å². The van der Waals surface area contributed by atoms with Crippen LogP contribution in [0.3, 0.4) is 0 Å². The van der Waals surface area contributed by atoms with E-state index in [0.717, 1.165) is 29.3 Å². The van der Waals surface area contributed by atoms with Crippen LogP contribution in [0.2, 0.25) is 0 Å². The lowest BCUT2D eigenvalue weighted by Crippen LogP contribution is -2.18. The first-order chi connectivity index (χ1) is 10.1. The van der Waals surface area contributed by atoms with Crippen molar-refractivity contribution >= 4 is 32.6 Å². The normalized spacial score (nSPS) is 17.8. The van der Waals surface area contributed by atoms with Crippen molar-refractivity contribution in [2.75, 3.05) is 5.33 Å². The maximum absolute atomic E-state index is 11.9. The number of aliphatic hydroxyl groups is 2. The molecule has 0 amide bonds. The van der Waals surface area contributed by atoms with Gasteiger partial charge in [-0.25, -0.2) is 0 Å². The van der Waals surface area contributed by atoms with E-state index in [1.807, 2.05) is 12.1 Å². The van der Waals surface area contributed by atoms with Crippen LogP contribution in [0.25, 0.3) is 10.9 Å². The summed E-state index contributed by atoms with van der Waals surface area (Å²) in [5.74, 6) is 0.161. The molecule has 1 heterocycles. The highest BCUT2D eigenvalue weighted by Crippen LogP contribution is 2.31. The average Bonchev–Trinajstić information content (AvgIpc) is 2.86. The lowest BCUT2D eigenvalue weighted by Gasteiger charge is -2.17. The Morgan fingerprint density at radius 2 is 2.10 bits per heavy atom. The third-order valence-electron chi connectivity index (χ3n) is 4.15. The number of benzene rings is 1. The summed E-state index contributed by atoms with van der Waals surface area (Å²) in [6.45, 7) is 0. The van der Waals surface area contributed by atoms with E-state index in [0.29, 0.717) is 29.4 Å². The van der Waals surface area contributed by atoms with E-state index in [2.05, 4.69) is 20.9 Å². The summed E-state index contributed by atoms with van der Waals surface area (Å²) in [5, 5.41) is 21.8. The van der Waals surface area contributed by atoms with Gasteiger partial charge in [0.25, 0.3) is 0 Å². The summed E-state index contributed by atoms with van der Waals surface area (Å²) in [7, 11) is 0. The lowest BCUT2D eigenvalue weighted by atomic mass is 9.93. The molecule has 1 aromatic carbocycles. The van der Waals surface area contributed by atoms with Gasteiger partial charge in [-0.2, -0.15) is 0 Å². The molecule has 112 valence electrons. The van der Waals surface area contributed by atoms with Crippen LogP contribution in [0.4, 0.5) is 0 Å². The number of aromatic amines is 1. The minimum atomic E-state index is -0.906. The Kier molecular flexibility index (Phi) is 4.15. The molecule has 4 nitrogen and oxygen atoms in total. The minimum Gasteiger partial charge on any atom is -0.390 e. The Bertz CT molecular complexity index is 679. The van der Waals surface area contributed by atoms with Gasteiger partial charge in [0.05, 0.1) is 11.8 Å². The summed E-state index contributed by atoms with van der Waals surface area (Å²) >= 11 is 3.27. The van der Waals surface area contributed by atoms with Gasteiger partial charge in [0.1, 0.15) is 6.10 Å². The van der Waals surface area contributed by atoms with Crippen LogP contribution in [0.1, 0.15) is 47.0 Å². The highest BCUT2D eigenvalue weighted by molar-refractivity contribution is 9.09. The molecule has 2 aromatic rings. The number of Topliss-reactive ketones (excluding diaryl/α,β-unsaturated/α-hetero) is 1. The molecule has 1 aliphatic carbocycles. The molecule has 5 heteroatoms. The number of nitrogens with one attached hydrogen (secondary N) is 1. The Morgan fingerprint density at radius 1 is 1.29 bits per heavy atom. The molecule has 0 aliphatic heterocycles. The van der Waals surface area contributed by atoms with E-state index < -0.39 is 12.2 Å². The van der Waals surface area contributed by atoms with Crippen molar-refractivity contribution in [2.45, 2.75) is 37.9 Å².